The molecule has 0 atom stereocenters. The van der Waals surface area contributed by atoms with Gasteiger partial charge in [0, 0.05) is 6.54 Å². The molecule has 2 N–H and O–H groups in total. The molecule has 7 heteroatoms. The highest BCUT2D eigenvalue weighted by molar-refractivity contribution is 6.39. The number of anilines is 1. The number of ether oxygens (including phenoxy) is 2. The third-order valence-corrected chi connectivity index (χ3v) is 3.39. The lowest BCUT2D eigenvalue weighted by atomic mass is 10.1. The summed E-state index contributed by atoms with van der Waals surface area (Å²) >= 11 is 0. The molecule has 0 spiro atoms. The van der Waals surface area contributed by atoms with Gasteiger partial charge in [-0.3, -0.25) is 9.59 Å². The van der Waals surface area contributed by atoms with Gasteiger partial charge in [0.1, 0.15) is 5.75 Å². The molecular formula is C18H18N2O5. The van der Waals surface area contributed by atoms with E-state index in [1.165, 1.54) is 14.2 Å². The first-order valence-corrected chi connectivity index (χ1v) is 7.44. The molecule has 0 bridgehead atoms. The number of benzene rings is 2. The van der Waals surface area contributed by atoms with E-state index in [9.17, 15) is 14.4 Å². The Labute approximate surface area is 144 Å². The fourth-order valence-corrected chi connectivity index (χ4v) is 2.07. The highest BCUT2D eigenvalue weighted by Crippen LogP contribution is 2.22. The van der Waals surface area contributed by atoms with E-state index in [0.29, 0.717) is 17.0 Å². The summed E-state index contributed by atoms with van der Waals surface area (Å²) < 4.78 is 9.72. The van der Waals surface area contributed by atoms with E-state index >= 15 is 0 Å². The van der Waals surface area contributed by atoms with E-state index < -0.39 is 17.8 Å². The van der Waals surface area contributed by atoms with Crippen molar-refractivity contribution in [3.05, 3.63) is 59.7 Å². The standard InChI is InChI=1S/C18H18N2O5/c1-24-15-6-4-3-5-14(15)20-17(22)16(21)19-11-12-7-9-13(10-8-12)18(23)25-2/h3-10H,11H2,1-2H3,(H,19,21)(H,20,22). The minimum atomic E-state index is -0.796. The second-order valence-corrected chi connectivity index (χ2v) is 5.03. The van der Waals surface area contributed by atoms with Gasteiger partial charge in [-0.2, -0.15) is 0 Å². The van der Waals surface area contributed by atoms with Crippen LogP contribution < -0.4 is 15.4 Å². The lowest BCUT2D eigenvalue weighted by Gasteiger charge is -2.10. The van der Waals surface area contributed by atoms with Crippen molar-refractivity contribution >= 4 is 23.5 Å². The predicted molar refractivity (Wildman–Crippen MR) is 91.3 cm³/mol. The maximum absolute atomic E-state index is 11.9. The van der Waals surface area contributed by atoms with Gasteiger partial charge in [0.2, 0.25) is 0 Å². The number of carbonyl (C=O) groups is 3. The first-order chi connectivity index (χ1) is 12.0. The summed E-state index contributed by atoms with van der Waals surface area (Å²) in [5, 5.41) is 5.00. The van der Waals surface area contributed by atoms with Crippen LogP contribution in [0.15, 0.2) is 48.5 Å². The van der Waals surface area contributed by atoms with E-state index in [2.05, 4.69) is 15.4 Å². The number of hydrogen-bond acceptors (Lipinski definition) is 5. The van der Waals surface area contributed by atoms with Gasteiger partial charge in [-0.25, -0.2) is 4.79 Å². The molecule has 0 unspecified atom stereocenters. The number of para-hydroxylation sites is 2. The number of rotatable bonds is 5. The minimum absolute atomic E-state index is 0.152. The Morgan fingerprint density at radius 1 is 0.920 bits per heavy atom. The van der Waals surface area contributed by atoms with Crippen LogP contribution in [0, 0.1) is 0 Å². The topological polar surface area (TPSA) is 93.7 Å². The molecule has 0 aliphatic carbocycles. The zero-order chi connectivity index (χ0) is 18.2. The van der Waals surface area contributed by atoms with Crippen LogP contribution in [-0.2, 0) is 20.9 Å². The number of esters is 1. The van der Waals surface area contributed by atoms with Crippen molar-refractivity contribution in [2.45, 2.75) is 6.54 Å². The molecule has 25 heavy (non-hydrogen) atoms. The summed E-state index contributed by atoms with van der Waals surface area (Å²) in [7, 11) is 2.78. The van der Waals surface area contributed by atoms with Crippen LogP contribution in [0.25, 0.3) is 0 Å². The Morgan fingerprint density at radius 2 is 1.60 bits per heavy atom. The van der Waals surface area contributed by atoms with Gasteiger partial charge in [-0.1, -0.05) is 24.3 Å². The van der Waals surface area contributed by atoms with Gasteiger partial charge in [-0.15, -0.1) is 0 Å². The molecule has 0 heterocycles. The molecule has 2 aromatic carbocycles. The maximum Gasteiger partial charge on any atom is 0.337 e. The summed E-state index contributed by atoms with van der Waals surface area (Å²) in [6.45, 7) is 0.152. The van der Waals surface area contributed by atoms with Crippen molar-refractivity contribution in [2.75, 3.05) is 19.5 Å². The van der Waals surface area contributed by atoms with Gasteiger partial charge < -0.3 is 20.1 Å². The Morgan fingerprint density at radius 3 is 2.24 bits per heavy atom. The van der Waals surface area contributed by atoms with E-state index in [1.54, 1.807) is 48.5 Å². The van der Waals surface area contributed by atoms with E-state index in [4.69, 9.17) is 4.74 Å². The van der Waals surface area contributed by atoms with E-state index in [0.717, 1.165) is 5.56 Å². The fraction of sp³-hybridized carbons (Fsp3) is 0.167. The Balaban J connectivity index is 1.91. The van der Waals surface area contributed by atoms with Crippen molar-refractivity contribution in [1.82, 2.24) is 5.32 Å². The summed E-state index contributed by atoms with van der Waals surface area (Å²) in [5.41, 5.74) is 1.56. The molecule has 0 saturated heterocycles. The van der Waals surface area contributed by atoms with Crippen LogP contribution in [0.4, 0.5) is 5.69 Å². The van der Waals surface area contributed by atoms with Crippen LogP contribution >= 0.6 is 0 Å². The monoisotopic (exact) mass is 342 g/mol. The number of methoxy groups -OCH3 is 2. The van der Waals surface area contributed by atoms with Crippen LogP contribution in [0.5, 0.6) is 5.75 Å². The van der Waals surface area contributed by atoms with Gasteiger partial charge in [0.25, 0.3) is 0 Å². The molecule has 2 rings (SSSR count). The minimum Gasteiger partial charge on any atom is -0.495 e. The molecule has 0 fully saturated rings. The number of carbonyl (C=O) groups excluding carboxylic acids is 3. The first kappa shape index (κ1) is 18.0. The summed E-state index contributed by atoms with van der Waals surface area (Å²) in [6, 6.07) is 13.3. The second-order valence-electron chi connectivity index (χ2n) is 5.03. The predicted octanol–water partition coefficient (Wildman–Crippen LogP) is 1.74. The lowest BCUT2D eigenvalue weighted by Crippen LogP contribution is -2.35. The van der Waals surface area contributed by atoms with Crippen molar-refractivity contribution in [3.8, 4) is 5.75 Å². The zero-order valence-electron chi connectivity index (χ0n) is 13.9. The Kier molecular flexibility index (Phi) is 6.11. The van der Waals surface area contributed by atoms with Crippen molar-refractivity contribution < 1.29 is 23.9 Å². The highest BCUT2D eigenvalue weighted by atomic mass is 16.5. The van der Waals surface area contributed by atoms with Crippen LogP contribution in [0.3, 0.4) is 0 Å². The third kappa shape index (κ3) is 4.81. The van der Waals surface area contributed by atoms with Gasteiger partial charge in [0.15, 0.2) is 0 Å². The molecule has 2 amide bonds. The molecule has 7 nitrogen and oxygen atoms in total. The van der Waals surface area contributed by atoms with Gasteiger partial charge >= 0.3 is 17.8 Å². The van der Waals surface area contributed by atoms with Crippen LogP contribution in [0.2, 0.25) is 0 Å². The largest absolute Gasteiger partial charge is 0.495 e. The number of hydrogen-bond donors (Lipinski definition) is 2. The molecule has 0 saturated carbocycles. The van der Waals surface area contributed by atoms with Gasteiger partial charge in [0.05, 0.1) is 25.5 Å². The van der Waals surface area contributed by atoms with E-state index in [-0.39, 0.29) is 6.54 Å². The third-order valence-electron chi connectivity index (χ3n) is 3.39. The lowest BCUT2D eigenvalue weighted by molar-refractivity contribution is -0.136. The highest BCUT2D eigenvalue weighted by Gasteiger charge is 2.15. The summed E-state index contributed by atoms with van der Waals surface area (Å²) in [5.74, 6) is -1.55. The summed E-state index contributed by atoms with van der Waals surface area (Å²) in [4.78, 5) is 35.2. The Bertz CT molecular complexity index is 771. The molecule has 130 valence electrons. The quantitative estimate of drug-likeness (QED) is 0.638. The number of amides is 2. The van der Waals surface area contributed by atoms with Crippen molar-refractivity contribution in [3.63, 3.8) is 0 Å². The second kappa shape index (κ2) is 8.49. The van der Waals surface area contributed by atoms with E-state index in [1.807, 2.05) is 0 Å². The van der Waals surface area contributed by atoms with Crippen molar-refractivity contribution in [1.29, 1.82) is 0 Å². The SMILES string of the molecule is COC(=O)c1ccc(CNC(=O)C(=O)Nc2ccccc2OC)cc1. The van der Waals surface area contributed by atoms with Crippen LogP contribution in [0.1, 0.15) is 15.9 Å². The Hall–Kier alpha value is -3.35. The summed E-state index contributed by atoms with van der Waals surface area (Å²) in [6.07, 6.45) is 0. The van der Waals surface area contributed by atoms with Gasteiger partial charge in [-0.05, 0) is 29.8 Å². The van der Waals surface area contributed by atoms with Crippen molar-refractivity contribution in [2.24, 2.45) is 0 Å². The number of nitrogens with one attached hydrogen (secondary N) is 2. The molecule has 0 aromatic heterocycles. The smallest absolute Gasteiger partial charge is 0.337 e. The average Bonchev–Trinajstić information content (AvgIpc) is 2.66. The molecule has 2 aromatic rings. The molecular weight excluding hydrogens is 324 g/mol. The molecule has 0 aliphatic heterocycles. The normalized spacial score (nSPS) is 9.84. The molecule has 0 aliphatic rings. The zero-order valence-corrected chi connectivity index (χ0v) is 13.9. The first-order valence-electron chi connectivity index (χ1n) is 7.44. The van der Waals surface area contributed by atoms with Crippen LogP contribution in [-0.4, -0.2) is 32.0 Å². The molecule has 0 radical (unpaired) electrons. The maximum atomic E-state index is 11.9. The average molecular weight is 342 g/mol. The fourth-order valence-electron chi connectivity index (χ4n) is 2.07.